The van der Waals surface area contributed by atoms with E-state index in [2.05, 4.69) is 21.2 Å². The average molecular weight is 437 g/mol. The van der Waals surface area contributed by atoms with Crippen molar-refractivity contribution in [2.24, 2.45) is 0 Å². The van der Waals surface area contributed by atoms with Crippen molar-refractivity contribution in [1.82, 2.24) is 0 Å². The predicted molar refractivity (Wildman–Crippen MR) is 96.7 cm³/mol. The lowest BCUT2D eigenvalue weighted by Crippen LogP contribution is -2.39. The number of fused-ring (bicyclic) bond motifs is 1. The normalized spacial score (nSPS) is 14.9. The van der Waals surface area contributed by atoms with Crippen LogP contribution in [-0.4, -0.2) is 36.1 Å². The topological polar surface area (TPSA) is 117 Å². The Labute approximate surface area is 161 Å². The minimum atomic E-state index is -0.973. The standard InChI is InChI=1S/C17H13BrN2O7/c18-11-7-10(20(23)24)5-6-12(11)19-16(21)9-26-17(22)15-8-25-13-3-1-2-4-14(13)27-15/h1-7,15H,8-9H2,(H,19,21). The van der Waals surface area contributed by atoms with Gasteiger partial charge in [-0.05, 0) is 34.1 Å². The molecule has 27 heavy (non-hydrogen) atoms. The van der Waals surface area contributed by atoms with Crippen LogP contribution in [0.5, 0.6) is 11.5 Å². The van der Waals surface area contributed by atoms with E-state index in [1.54, 1.807) is 24.3 Å². The highest BCUT2D eigenvalue weighted by molar-refractivity contribution is 9.10. The molecule has 0 radical (unpaired) electrons. The van der Waals surface area contributed by atoms with Crippen LogP contribution in [0.2, 0.25) is 0 Å². The van der Waals surface area contributed by atoms with Crippen LogP contribution in [0.3, 0.4) is 0 Å². The molecule has 3 rings (SSSR count). The number of nitro benzene ring substituents is 1. The monoisotopic (exact) mass is 436 g/mol. The summed E-state index contributed by atoms with van der Waals surface area (Å²) in [7, 11) is 0. The molecule has 0 aliphatic carbocycles. The van der Waals surface area contributed by atoms with Crippen LogP contribution in [0, 0.1) is 10.1 Å². The maximum Gasteiger partial charge on any atom is 0.351 e. The highest BCUT2D eigenvalue weighted by Gasteiger charge is 2.29. The van der Waals surface area contributed by atoms with E-state index >= 15 is 0 Å². The highest BCUT2D eigenvalue weighted by atomic mass is 79.9. The Kier molecular flexibility index (Phi) is 5.55. The molecule has 0 aromatic heterocycles. The summed E-state index contributed by atoms with van der Waals surface area (Å²) in [5.41, 5.74) is 0.189. The number of anilines is 1. The highest BCUT2D eigenvalue weighted by Crippen LogP contribution is 2.31. The molecule has 0 saturated heterocycles. The van der Waals surface area contributed by atoms with E-state index in [4.69, 9.17) is 14.2 Å². The van der Waals surface area contributed by atoms with Gasteiger partial charge in [0.1, 0.15) is 6.61 Å². The van der Waals surface area contributed by atoms with E-state index in [9.17, 15) is 19.7 Å². The van der Waals surface area contributed by atoms with Crippen LogP contribution in [0.4, 0.5) is 11.4 Å². The molecule has 1 unspecified atom stereocenters. The molecule has 140 valence electrons. The van der Waals surface area contributed by atoms with E-state index in [1.807, 2.05) is 0 Å². The lowest BCUT2D eigenvalue weighted by Gasteiger charge is -2.24. The molecule has 1 atom stereocenters. The van der Waals surface area contributed by atoms with Crippen molar-refractivity contribution in [2.45, 2.75) is 6.10 Å². The fraction of sp³-hybridized carbons (Fsp3) is 0.176. The summed E-state index contributed by atoms with van der Waals surface area (Å²) in [6.07, 6.45) is -0.973. The number of esters is 1. The number of rotatable bonds is 5. The lowest BCUT2D eigenvalue weighted by atomic mass is 10.2. The molecule has 1 heterocycles. The van der Waals surface area contributed by atoms with Crippen LogP contribution in [0.1, 0.15) is 0 Å². The van der Waals surface area contributed by atoms with Gasteiger partial charge in [-0.15, -0.1) is 0 Å². The van der Waals surface area contributed by atoms with Crippen LogP contribution >= 0.6 is 15.9 Å². The van der Waals surface area contributed by atoms with E-state index in [0.717, 1.165) is 0 Å². The molecule has 2 aromatic rings. The molecule has 0 spiro atoms. The van der Waals surface area contributed by atoms with Gasteiger partial charge >= 0.3 is 5.97 Å². The van der Waals surface area contributed by atoms with Crippen molar-refractivity contribution in [2.75, 3.05) is 18.5 Å². The molecule has 1 amide bonds. The molecule has 10 heteroatoms. The van der Waals surface area contributed by atoms with Gasteiger partial charge in [-0.25, -0.2) is 4.79 Å². The second-order valence-corrected chi connectivity index (χ2v) is 6.30. The van der Waals surface area contributed by atoms with Gasteiger partial charge in [0.05, 0.1) is 10.6 Å². The molecule has 9 nitrogen and oxygen atoms in total. The Morgan fingerprint density at radius 1 is 1.26 bits per heavy atom. The maximum absolute atomic E-state index is 12.1. The molecule has 2 aromatic carbocycles. The molecule has 0 fully saturated rings. The van der Waals surface area contributed by atoms with E-state index < -0.39 is 29.5 Å². The van der Waals surface area contributed by atoms with Gasteiger partial charge in [0.2, 0.25) is 6.10 Å². The largest absolute Gasteiger partial charge is 0.485 e. The molecule has 0 bridgehead atoms. The minimum Gasteiger partial charge on any atom is -0.485 e. The first kappa shape index (κ1) is 18.6. The third-order valence-electron chi connectivity index (χ3n) is 3.55. The SMILES string of the molecule is O=C(COC(=O)C1COc2ccccc2O1)Nc1ccc([N+](=O)[O-])cc1Br. The Morgan fingerprint density at radius 3 is 2.70 bits per heavy atom. The Morgan fingerprint density at radius 2 is 2.00 bits per heavy atom. The second-order valence-electron chi connectivity index (χ2n) is 5.44. The molecule has 0 saturated carbocycles. The van der Waals surface area contributed by atoms with Crippen LogP contribution < -0.4 is 14.8 Å². The molecular weight excluding hydrogens is 424 g/mol. The zero-order chi connectivity index (χ0) is 19.4. The minimum absolute atomic E-state index is 0.0225. The van der Waals surface area contributed by atoms with Crippen LogP contribution in [0.25, 0.3) is 0 Å². The number of nitro groups is 1. The molecule has 1 N–H and O–H groups in total. The molecular formula is C17H13BrN2O7. The third kappa shape index (κ3) is 4.53. The summed E-state index contributed by atoms with van der Waals surface area (Å²) in [6.45, 7) is -0.560. The van der Waals surface area contributed by atoms with E-state index in [-0.39, 0.29) is 12.3 Å². The number of nitrogens with one attached hydrogen (secondary N) is 1. The second kappa shape index (κ2) is 8.04. The van der Waals surface area contributed by atoms with Crippen molar-refractivity contribution < 1.29 is 28.7 Å². The summed E-state index contributed by atoms with van der Waals surface area (Å²) < 4.78 is 16.2. The Balaban J connectivity index is 1.52. The number of hydrogen-bond donors (Lipinski definition) is 1. The number of carbonyl (C=O) groups excluding carboxylic acids is 2. The van der Waals surface area contributed by atoms with Gasteiger partial charge in [0.15, 0.2) is 18.1 Å². The molecule has 1 aliphatic heterocycles. The number of carbonyl (C=O) groups is 2. The Bertz CT molecular complexity index is 903. The first-order valence-electron chi connectivity index (χ1n) is 7.73. The van der Waals surface area contributed by atoms with E-state index in [0.29, 0.717) is 21.7 Å². The van der Waals surface area contributed by atoms with Crippen LogP contribution in [0.15, 0.2) is 46.9 Å². The summed E-state index contributed by atoms with van der Waals surface area (Å²) in [4.78, 5) is 34.2. The number of amides is 1. The summed E-state index contributed by atoms with van der Waals surface area (Å²) in [5, 5.41) is 13.2. The summed E-state index contributed by atoms with van der Waals surface area (Å²) in [5.74, 6) is -0.385. The predicted octanol–water partition coefficient (Wildman–Crippen LogP) is 2.68. The van der Waals surface area contributed by atoms with E-state index in [1.165, 1.54) is 18.2 Å². The number of non-ortho nitro benzene ring substituents is 1. The number of hydrogen-bond acceptors (Lipinski definition) is 7. The van der Waals surface area contributed by atoms with Crippen molar-refractivity contribution in [1.29, 1.82) is 0 Å². The average Bonchev–Trinajstić information content (AvgIpc) is 2.67. The number of nitrogens with zero attached hydrogens (tertiary/aromatic N) is 1. The Hall–Kier alpha value is -3.14. The quantitative estimate of drug-likeness (QED) is 0.434. The fourth-order valence-corrected chi connectivity index (χ4v) is 2.74. The van der Waals surface area contributed by atoms with Crippen molar-refractivity contribution >= 4 is 39.2 Å². The number of ether oxygens (including phenoxy) is 3. The van der Waals surface area contributed by atoms with Gasteiger partial charge < -0.3 is 19.5 Å². The van der Waals surface area contributed by atoms with Crippen molar-refractivity contribution in [3.63, 3.8) is 0 Å². The van der Waals surface area contributed by atoms with Gasteiger partial charge in [0.25, 0.3) is 11.6 Å². The maximum atomic E-state index is 12.1. The number of benzene rings is 2. The fourth-order valence-electron chi connectivity index (χ4n) is 2.27. The summed E-state index contributed by atoms with van der Waals surface area (Å²) in [6, 6.07) is 10.8. The lowest BCUT2D eigenvalue weighted by molar-refractivity contribution is -0.384. The zero-order valence-electron chi connectivity index (χ0n) is 13.7. The first-order chi connectivity index (χ1) is 12.9. The van der Waals surface area contributed by atoms with Gasteiger partial charge in [0, 0.05) is 16.6 Å². The van der Waals surface area contributed by atoms with Crippen molar-refractivity contribution in [3.8, 4) is 11.5 Å². The molecule has 1 aliphatic rings. The van der Waals surface area contributed by atoms with Crippen molar-refractivity contribution in [3.05, 3.63) is 57.1 Å². The van der Waals surface area contributed by atoms with Gasteiger partial charge in [-0.3, -0.25) is 14.9 Å². The number of para-hydroxylation sites is 2. The number of halogens is 1. The van der Waals surface area contributed by atoms with Crippen LogP contribution in [-0.2, 0) is 14.3 Å². The zero-order valence-corrected chi connectivity index (χ0v) is 15.3. The summed E-state index contributed by atoms with van der Waals surface area (Å²) >= 11 is 3.14. The smallest absolute Gasteiger partial charge is 0.351 e. The van der Waals surface area contributed by atoms with Gasteiger partial charge in [-0.1, -0.05) is 12.1 Å². The third-order valence-corrected chi connectivity index (χ3v) is 4.21. The first-order valence-corrected chi connectivity index (χ1v) is 8.52. The van der Waals surface area contributed by atoms with Gasteiger partial charge in [-0.2, -0.15) is 0 Å².